The van der Waals surface area contributed by atoms with E-state index < -0.39 is 0 Å². The summed E-state index contributed by atoms with van der Waals surface area (Å²) in [5.74, 6) is 2.64. The molecule has 1 aliphatic heterocycles. The zero-order valence-corrected chi connectivity index (χ0v) is 13.8. The lowest BCUT2D eigenvalue weighted by Gasteiger charge is -2.32. The number of likely N-dealkylation sites (tertiary alicyclic amines) is 1. The quantitative estimate of drug-likeness (QED) is 0.944. The Labute approximate surface area is 137 Å². The molecule has 0 unspecified atom stereocenters. The van der Waals surface area contributed by atoms with Gasteiger partial charge in [0.15, 0.2) is 5.82 Å². The average molecular weight is 312 g/mol. The Balaban J connectivity index is 1.55. The van der Waals surface area contributed by atoms with Gasteiger partial charge in [0.1, 0.15) is 5.82 Å². The molecule has 23 heavy (non-hydrogen) atoms. The first-order valence-electron chi connectivity index (χ1n) is 8.39. The van der Waals surface area contributed by atoms with Crippen molar-refractivity contribution in [1.82, 2.24) is 20.1 Å². The van der Waals surface area contributed by atoms with Gasteiger partial charge in [0.25, 0.3) is 0 Å². The molecule has 0 radical (unpaired) electrons. The second-order valence-electron chi connectivity index (χ2n) is 6.60. The number of aromatic nitrogens is 3. The largest absolute Gasteiger partial charge is 0.342 e. The van der Waals surface area contributed by atoms with Crippen molar-refractivity contribution >= 4 is 5.91 Å². The van der Waals surface area contributed by atoms with Gasteiger partial charge >= 0.3 is 0 Å². The predicted octanol–water partition coefficient (Wildman–Crippen LogP) is 2.91. The summed E-state index contributed by atoms with van der Waals surface area (Å²) in [4.78, 5) is 18.6. The van der Waals surface area contributed by atoms with Gasteiger partial charge in [-0.15, -0.1) is 0 Å². The van der Waals surface area contributed by atoms with Gasteiger partial charge in [-0.05, 0) is 18.8 Å². The molecular formula is C18H24N4O. The van der Waals surface area contributed by atoms with E-state index in [2.05, 4.69) is 15.2 Å². The van der Waals surface area contributed by atoms with E-state index in [1.54, 1.807) is 0 Å². The Bertz CT molecular complexity index is 642. The first kappa shape index (κ1) is 15.7. The van der Waals surface area contributed by atoms with E-state index in [0.29, 0.717) is 5.92 Å². The van der Waals surface area contributed by atoms with Crippen LogP contribution in [-0.2, 0) is 11.2 Å². The minimum atomic E-state index is 0.0919. The maximum atomic E-state index is 12.0. The summed E-state index contributed by atoms with van der Waals surface area (Å²) < 4.78 is 0. The summed E-state index contributed by atoms with van der Waals surface area (Å²) in [5, 5.41) is 7.38. The van der Waals surface area contributed by atoms with Crippen LogP contribution < -0.4 is 0 Å². The number of benzene rings is 1. The van der Waals surface area contributed by atoms with E-state index in [1.807, 2.05) is 49.1 Å². The molecule has 0 bridgehead atoms. The minimum Gasteiger partial charge on any atom is -0.342 e. The average Bonchev–Trinajstić information content (AvgIpc) is 3.04. The van der Waals surface area contributed by atoms with E-state index in [9.17, 15) is 4.79 Å². The van der Waals surface area contributed by atoms with Crippen LogP contribution in [-0.4, -0.2) is 39.1 Å². The molecule has 122 valence electrons. The number of amides is 1. The number of H-pyrrole nitrogens is 1. The molecule has 5 nitrogen and oxygen atoms in total. The van der Waals surface area contributed by atoms with Crippen LogP contribution in [0.25, 0.3) is 11.4 Å². The van der Waals surface area contributed by atoms with Crippen molar-refractivity contribution in [2.45, 2.75) is 33.1 Å². The molecule has 1 saturated heterocycles. The van der Waals surface area contributed by atoms with Gasteiger partial charge in [0.2, 0.25) is 5.91 Å². The SMILES string of the molecule is CC(C)C(=O)N1CCC(Cc2nc(-c3ccccc3)n[nH]2)CC1. The fourth-order valence-corrected chi connectivity index (χ4v) is 3.10. The van der Waals surface area contributed by atoms with Crippen LogP contribution in [0.15, 0.2) is 30.3 Å². The number of carbonyl (C=O) groups excluding carboxylic acids is 1. The van der Waals surface area contributed by atoms with Crippen molar-refractivity contribution in [3.63, 3.8) is 0 Å². The van der Waals surface area contributed by atoms with Crippen LogP contribution in [0.2, 0.25) is 0 Å². The second kappa shape index (κ2) is 6.94. The van der Waals surface area contributed by atoms with Gasteiger partial charge in [-0.2, -0.15) is 5.10 Å². The van der Waals surface area contributed by atoms with E-state index in [-0.39, 0.29) is 11.8 Å². The van der Waals surface area contributed by atoms with E-state index in [1.165, 1.54) is 0 Å². The maximum Gasteiger partial charge on any atom is 0.225 e. The predicted molar refractivity (Wildman–Crippen MR) is 89.7 cm³/mol. The highest BCUT2D eigenvalue weighted by molar-refractivity contribution is 5.78. The van der Waals surface area contributed by atoms with Crippen molar-refractivity contribution in [1.29, 1.82) is 0 Å². The summed E-state index contributed by atoms with van der Waals surface area (Å²) in [6, 6.07) is 10.0. The molecule has 3 rings (SSSR count). The first-order chi connectivity index (χ1) is 11.1. The highest BCUT2D eigenvalue weighted by atomic mass is 16.2. The van der Waals surface area contributed by atoms with E-state index in [0.717, 1.165) is 49.6 Å². The molecular weight excluding hydrogens is 288 g/mol. The van der Waals surface area contributed by atoms with Crippen LogP contribution in [0.1, 0.15) is 32.5 Å². The Kier molecular flexibility index (Phi) is 4.74. The fraction of sp³-hybridized carbons (Fsp3) is 0.500. The third kappa shape index (κ3) is 3.78. The van der Waals surface area contributed by atoms with Crippen LogP contribution in [0, 0.1) is 11.8 Å². The summed E-state index contributed by atoms with van der Waals surface area (Å²) in [6.45, 7) is 5.66. The van der Waals surface area contributed by atoms with E-state index in [4.69, 9.17) is 0 Å². The third-order valence-corrected chi connectivity index (χ3v) is 4.47. The van der Waals surface area contributed by atoms with E-state index >= 15 is 0 Å². The molecule has 2 heterocycles. The molecule has 0 aliphatic carbocycles. The molecule has 0 spiro atoms. The molecule has 1 aromatic heterocycles. The molecule has 1 aliphatic rings. The number of rotatable bonds is 4. The van der Waals surface area contributed by atoms with Gasteiger partial charge in [0, 0.05) is 31.0 Å². The molecule has 1 N–H and O–H groups in total. The number of hydrogen-bond acceptors (Lipinski definition) is 3. The molecule has 0 atom stereocenters. The van der Waals surface area contributed by atoms with Crippen LogP contribution in [0.5, 0.6) is 0 Å². The second-order valence-corrected chi connectivity index (χ2v) is 6.60. The Morgan fingerprint density at radius 1 is 1.26 bits per heavy atom. The Hall–Kier alpha value is -2.17. The number of piperidine rings is 1. The van der Waals surface area contributed by atoms with Crippen molar-refractivity contribution in [2.75, 3.05) is 13.1 Å². The molecule has 0 saturated carbocycles. The van der Waals surface area contributed by atoms with Crippen LogP contribution in [0.3, 0.4) is 0 Å². The lowest BCUT2D eigenvalue weighted by molar-refractivity contribution is -0.135. The van der Waals surface area contributed by atoms with Gasteiger partial charge < -0.3 is 4.90 Å². The standard InChI is InChI=1S/C18H24N4O/c1-13(2)18(23)22-10-8-14(9-11-22)12-16-19-17(21-20-16)15-6-4-3-5-7-15/h3-7,13-14H,8-12H2,1-2H3,(H,19,20,21). The molecule has 1 aromatic carbocycles. The number of hydrogen-bond donors (Lipinski definition) is 1. The summed E-state index contributed by atoms with van der Waals surface area (Å²) >= 11 is 0. The van der Waals surface area contributed by atoms with Crippen molar-refractivity contribution in [3.05, 3.63) is 36.2 Å². The summed E-state index contributed by atoms with van der Waals surface area (Å²) in [7, 11) is 0. The van der Waals surface area contributed by atoms with Crippen molar-refractivity contribution in [3.8, 4) is 11.4 Å². The summed E-state index contributed by atoms with van der Waals surface area (Å²) in [6.07, 6.45) is 2.99. The third-order valence-electron chi connectivity index (χ3n) is 4.47. The van der Waals surface area contributed by atoms with Gasteiger partial charge in [0.05, 0.1) is 0 Å². The Morgan fingerprint density at radius 3 is 2.61 bits per heavy atom. The maximum absolute atomic E-state index is 12.0. The minimum absolute atomic E-state index is 0.0919. The highest BCUT2D eigenvalue weighted by Gasteiger charge is 2.25. The number of nitrogens with zero attached hydrogens (tertiary/aromatic N) is 3. The number of carbonyl (C=O) groups is 1. The lowest BCUT2D eigenvalue weighted by Crippen LogP contribution is -2.41. The highest BCUT2D eigenvalue weighted by Crippen LogP contribution is 2.22. The Morgan fingerprint density at radius 2 is 1.96 bits per heavy atom. The van der Waals surface area contributed by atoms with Crippen molar-refractivity contribution in [2.24, 2.45) is 11.8 Å². The first-order valence-corrected chi connectivity index (χ1v) is 8.39. The zero-order valence-electron chi connectivity index (χ0n) is 13.8. The number of nitrogens with one attached hydrogen (secondary N) is 1. The fourth-order valence-electron chi connectivity index (χ4n) is 3.10. The van der Waals surface area contributed by atoms with Crippen LogP contribution >= 0.6 is 0 Å². The van der Waals surface area contributed by atoms with Crippen LogP contribution in [0.4, 0.5) is 0 Å². The zero-order chi connectivity index (χ0) is 16.2. The molecule has 5 heteroatoms. The normalized spacial score (nSPS) is 16.0. The smallest absolute Gasteiger partial charge is 0.225 e. The summed E-state index contributed by atoms with van der Waals surface area (Å²) in [5.41, 5.74) is 1.03. The topological polar surface area (TPSA) is 61.9 Å². The molecule has 2 aromatic rings. The monoisotopic (exact) mass is 312 g/mol. The lowest BCUT2D eigenvalue weighted by atomic mass is 9.92. The van der Waals surface area contributed by atoms with Gasteiger partial charge in [-0.25, -0.2) is 4.98 Å². The van der Waals surface area contributed by atoms with Gasteiger partial charge in [-0.3, -0.25) is 9.89 Å². The van der Waals surface area contributed by atoms with Crippen molar-refractivity contribution < 1.29 is 4.79 Å². The molecule has 1 fully saturated rings. The molecule has 1 amide bonds. The van der Waals surface area contributed by atoms with Gasteiger partial charge in [-0.1, -0.05) is 44.2 Å². The number of aromatic amines is 1.